The highest BCUT2D eigenvalue weighted by Gasteiger charge is 2.27. The molecule has 0 aromatic heterocycles. The van der Waals surface area contributed by atoms with E-state index in [-0.39, 0.29) is 23.9 Å². The number of nitro benzene ring substituents is 1. The van der Waals surface area contributed by atoms with Gasteiger partial charge in [0, 0.05) is 25.5 Å². The van der Waals surface area contributed by atoms with Gasteiger partial charge in [0.1, 0.15) is 12.1 Å². The largest absolute Gasteiger partial charge is 0.467 e. The third-order valence-electron chi connectivity index (χ3n) is 3.79. The normalized spacial score (nSPS) is 12.8. The van der Waals surface area contributed by atoms with Crippen molar-refractivity contribution in [3.05, 3.63) is 39.9 Å². The summed E-state index contributed by atoms with van der Waals surface area (Å²) >= 11 is 0. The van der Waals surface area contributed by atoms with Crippen LogP contribution in [0.25, 0.3) is 0 Å². The van der Waals surface area contributed by atoms with Crippen molar-refractivity contribution in [1.29, 1.82) is 0 Å². The molecule has 27 heavy (non-hydrogen) atoms. The van der Waals surface area contributed by atoms with Gasteiger partial charge in [-0.15, -0.1) is 0 Å². The fraction of sp³-hybridized carbons (Fsp3) is 0.500. The summed E-state index contributed by atoms with van der Waals surface area (Å²) < 4.78 is 4.74. The summed E-state index contributed by atoms with van der Waals surface area (Å²) in [7, 11) is 1.21. The molecular formula is C18H25N3O6. The number of esters is 1. The Bertz CT molecular complexity index is 687. The fourth-order valence-corrected chi connectivity index (χ4v) is 2.55. The van der Waals surface area contributed by atoms with E-state index < -0.39 is 28.9 Å². The number of nitro groups is 1. The first-order chi connectivity index (χ1) is 12.6. The molecule has 0 saturated heterocycles. The molecular weight excluding hydrogens is 354 g/mol. The minimum Gasteiger partial charge on any atom is -0.467 e. The van der Waals surface area contributed by atoms with E-state index >= 15 is 0 Å². The number of methoxy groups -OCH3 is 1. The van der Waals surface area contributed by atoms with Crippen molar-refractivity contribution < 1.29 is 24.0 Å². The first-order valence-corrected chi connectivity index (χ1v) is 8.52. The summed E-state index contributed by atoms with van der Waals surface area (Å²) in [5.41, 5.74) is 0.552. The van der Waals surface area contributed by atoms with Crippen molar-refractivity contribution in [1.82, 2.24) is 10.6 Å². The van der Waals surface area contributed by atoms with Crippen LogP contribution in [0.4, 0.5) is 5.69 Å². The second-order valence-electron chi connectivity index (χ2n) is 6.59. The van der Waals surface area contributed by atoms with Gasteiger partial charge in [0.2, 0.25) is 11.8 Å². The number of rotatable bonds is 9. The first kappa shape index (κ1) is 22.1. The predicted octanol–water partition coefficient (Wildman–Crippen LogP) is 1.35. The average Bonchev–Trinajstić information content (AvgIpc) is 2.59. The molecule has 0 aliphatic rings. The predicted molar refractivity (Wildman–Crippen MR) is 97.8 cm³/mol. The molecule has 9 nitrogen and oxygen atoms in total. The maximum Gasteiger partial charge on any atom is 0.328 e. The minimum absolute atomic E-state index is 0.0694. The topological polar surface area (TPSA) is 128 Å². The molecule has 2 atom stereocenters. The minimum atomic E-state index is -0.979. The molecule has 0 heterocycles. The number of carbonyl (C=O) groups is 3. The number of benzene rings is 1. The molecule has 1 aromatic rings. The third-order valence-corrected chi connectivity index (χ3v) is 3.79. The zero-order chi connectivity index (χ0) is 20.6. The van der Waals surface area contributed by atoms with Crippen molar-refractivity contribution in [2.45, 2.75) is 45.7 Å². The Kier molecular flexibility index (Phi) is 8.37. The molecule has 1 rings (SSSR count). The van der Waals surface area contributed by atoms with Gasteiger partial charge in [-0.3, -0.25) is 19.7 Å². The summed E-state index contributed by atoms with van der Waals surface area (Å²) in [6, 6.07) is 3.92. The van der Waals surface area contributed by atoms with Crippen molar-refractivity contribution in [3.63, 3.8) is 0 Å². The highest BCUT2D eigenvalue weighted by Crippen LogP contribution is 2.14. The van der Waals surface area contributed by atoms with E-state index in [1.165, 1.54) is 38.3 Å². The molecule has 2 amide bonds. The van der Waals surface area contributed by atoms with Gasteiger partial charge in [-0.05, 0) is 17.9 Å². The summed E-state index contributed by atoms with van der Waals surface area (Å²) in [5, 5.41) is 15.9. The van der Waals surface area contributed by atoms with E-state index in [2.05, 4.69) is 10.6 Å². The van der Waals surface area contributed by atoms with Crippen LogP contribution < -0.4 is 10.6 Å². The summed E-state index contributed by atoms with van der Waals surface area (Å²) in [4.78, 5) is 46.2. The molecule has 148 valence electrons. The van der Waals surface area contributed by atoms with Gasteiger partial charge in [0.25, 0.3) is 5.69 Å². The molecule has 0 saturated carbocycles. The first-order valence-electron chi connectivity index (χ1n) is 8.52. The standard InChI is InChI=1S/C18H25N3O6/c1-11(2)9-15(19-12(3)22)17(23)20-16(18(24)27-4)10-13-5-7-14(8-6-13)21(25)26/h5-8,11,15-16H,9-10H2,1-4H3,(H,19,22)(H,20,23)/t15-,16-/m0/s1. The Labute approximate surface area is 157 Å². The SMILES string of the molecule is COC(=O)[C@H](Cc1ccc([N+](=O)[O-])cc1)NC(=O)[C@H](CC(C)C)NC(C)=O. The summed E-state index contributed by atoms with van der Waals surface area (Å²) in [6.07, 6.45) is 0.516. The molecule has 0 bridgehead atoms. The van der Waals surface area contributed by atoms with Crippen molar-refractivity contribution in [2.24, 2.45) is 5.92 Å². The van der Waals surface area contributed by atoms with E-state index in [4.69, 9.17) is 4.74 Å². The van der Waals surface area contributed by atoms with Gasteiger partial charge in [-0.25, -0.2) is 4.79 Å². The summed E-state index contributed by atoms with van der Waals surface area (Å²) in [6.45, 7) is 5.14. The lowest BCUT2D eigenvalue weighted by Gasteiger charge is -2.23. The van der Waals surface area contributed by atoms with Gasteiger partial charge in [0.05, 0.1) is 12.0 Å². The molecule has 2 N–H and O–H groups in total. The Morgan fingerprint density at radius 2 is 1.70 bits per heavy atom. The molecule has 0 aliphatic carbocycles. The molecule has 1 aromatic carbocycles. The number of hydrogen-bond donors (Lipinski definition) is 2. The van der Waals surface area contributed by atoms with Crippen molar-refractivity contribution in [2.75, 3.05) is 7.11 Å². The van der Waals surface area contributed by atoms with Crippen LogP contribution in [0.15, 0.2) is 24.3 Å². The fourth-order valence-electron chi connectivity index (χ4n) is 2.55. The number of non-ortho nitro benzene ring substituents is 1. The Morgan fingerprint density at radius 1 is 1.11 bits per heavy atom. The number of amides is 2. The lowest BCUT2D eigenvalue weighted by molar-refractivity contribution is -0.384. The van der Waals surface area contributed by atoms with E-state index in [9.17, 15) is 24.5 Å². The van der Waals surface area contributed by atoms with Crippen LogP contribution in [0.5, 0.6) is 0 Å². The van der Waals surface area contributed by atoms with Crippen LogP contribution in [0.1, 0.15) is 32.8 Å². The highest BCUT2D eigenvalue weighted by molar-refractivity contribution is 5.90. The van der Waals surface area contributed by atoms with Gasteiger partial charge in [-0.2, -0.15) is 0 Å². The smallest absolute Gasteiger partial charge is 0.328 e. The monoisotopic (exact) mass is 379 g/mol. The van der Waals surface area contributed by atoms with E-state index in [0.29, 0.717) is 12.0 Å². The van der Waals surface area contributed by atoms with Crippen LogP contribution in [-0.4, -0.2) is 41.9 Å². The van der Waals surface area contributed by atoms with Gasteiger partial charge >= 0.3 is 5.97 Å². The van der Waals surface area contributed by atoms with Crippen molar-refractivity contribution >= 4 is 23.5 Å². The average molecular weight is 379 g/mol. The van der Waals surface area contributed by atoms with Crippen LogP contribution in [-0.2, 0) is 25.5 Å². The number of nitrogens with one attached hydrogen (secondary N) is 2. The molecule has 0 spiro atoms. The van der Waals surface area contributed by atoms with E-state index in [1.807, 2.05) is 13.8 Å². The molecule has 9 heteroatoms. The highest BCUT2D eigenvalue weighted by atomic mass is 16.6. The zero-order valence-corrected chi connectivity index (χ0v) is 15.9. The van der Waals surface area contributed by atoms with Crippen LogP contribution >= 0.6 is 0 Å². The van der Waals surface area contributed by atoms with Gasteiger partial charge in [0.15, 0.2) is 0 Å². The second-order valence-corrected chi connectivity index (χ2v) is 6.59. The molecule has 0 radical (unpaired) electrons. The Morgan fingerprint density at radius 3 is 2.15 bits per heavy atom. The van der Waals surface area contributed by atoms with E-state index in [0.717, 1.165) is 0 Å². The molecule has 0 fully saturated rings. The van der Waals surface area contributed by atoms with Gasteiger partial charge < -0.3 is 15.4 Å². The Balaban J connectivity index is 2.92. The molecule has 0 unspecified atom stereocenters. The number of nitrogens with zero attached hydrogens (tertiary/aromatic N) is 1. The zero-order valence-electron chi connectivity index (χ0n) is 15.9. The van der Waals surface area contributed by atoms with Crippen molar-refractivity contribution in [3.8, 4) is 0 Å². The summed E-state index contributed by atoms with van der Waals surface area (Å²) in [5.74, 6) is -1.33. The quantitative estimate of drug-likeness (QED) is 0.379. The van der Waals surface area contributed by atoms with Gasteiger partial charge in [-0.1, -0.05) is 26.0 Å². The molecule has 0 aliphatic heterocycles. The second kappa shape index (κ2) is 10.2. The van der Waals surface area contributed by atoms with E-state index in [1.54, 1.807) is 0 Å². The number of ether oxygens (including phenoxy) is 1. The van der Waals surface area contributed by atoms with Crippen LogP contribution in [0, 0.1) is 16.0 Å². The maximum atomic E-state index is 12.6. The maximum absolute atomic E-state index is 12.6. The number of hydrogen-bond acceptors (Lipinski definition) is 6. The lowest BCUT2D eigenvalue weighted by atomic mass is 10.0. The van der Waals surface area contributed by atoms with Crippen LogP contribution in [0.2, 0.25) is 0 Å². The van der Waals surface area contributed by atoms with Crippen LogP contribution in [0.3, 0.4) is 0 Å². The Hall–Kier alpha value is -2.97. The number of carbonyl (C=O) groups excluding carboxylic acids is 3. The third kappa shape index (κ3) is 7.43. The lowest BCUT2D eigenvalue weighted by Crippen LogP contribution is -2.52.